The molecule has 1 N–H and O–H groups in total. The van der Waals surface area contributed by atoms with E-state index in [0.717, 1.165) is 51.8 Å². The van der Waals surface area contributed by atoms with Crippen LogP contribution in [0.1, 0.15) is 58.3 Å². The fourth-order valence-corrected chi connectivity index (χ4v) is 4.09. The van der Waals surface area contributed by atoms with Crippen molar-refractivity contribution in [1.82, 2.24) is 4.90 Å². The van der Waals surface area contributed by atoms with Crippen molar-refractivity contribution >= 4 is 11.8 Å². The van der Waals surface area contributed by atoms with E-state index in [0.29, 0.717) is 31.8 Å². The summed E-state index contributed by atoms with van der Waals surface area (Å²) in [4.78, 5) is 25.6. The summed E-state index contributed by atoms with van der Waals surface area (Å²) >= 11 is 0. The molecule has 0 aromatic carbocycles. The predicted molar refractivity (Wildman–Crippen MR) is 104 cm³/mol. The third-order valence-corrected chi connectivity index (χ3v) is 5.49. The van der Waals surface area contributed by atoms with Crippen LogP contribution in [-0.2, 0) is 19.1 Å². The van der Waals surface area contributed by atoms with Gasteiger partial charge in [0.2, 0.25) is 0 Å². The molecule has 0 aromatic rings. The number of ether oxygens (including phenoxy) is 2. The number of ketones is 1. The molecule has 0 spiro atoms. The molecule has 0 amide bonds. The normalized spacial score (nSPS) is 26.9. The first-order chi connectivity index (χ1) is 13.1. The SMILES string of the molecule is CCCCCO[C@H]1CC(=O)[C@H](N2CCOCC2)[C@H]1CCC=CCCC(=O)O. The van der Waals surface area contributed by atoms with Crippen molar-refractivity contribution in [2.24, 2.45) is 5.92 Å². The second-order valence-electron chi connectivity index (χ2n) is 7.52. The fourth-order valence-electron chi connectivity index (χ4n) is 4.09. The van der Waals surface area contributed by atoms with Gasteiger partial charge in [-0.1, -0.05) is 31.9 Å². The molecule has 0 aromatic heterocycles. The van der Waals surface area contributed by atoms with Crippen LogP contribution in [0.4, 0.5) is 0 Å². The smallest absolute Gasteiger partial charge is 0.303 e. The van der Waals surface area contributed by atoms with E-state index >= 15 is 0 Å². The molecule has 2 fully saturated rings. The van der Waals surface area contributed by atoms with Crippen LogP contribution >= 0.6 is 0 Å². The zero-order valence-corrected chi connectivity index (χ0v) is 16.6. The molecule has 6 nitrogen and oxygen atoms in total. The van der Waals surface area contributed by atoms with Gasteiger partial charge in [0.1, 0.15) is 0 Å². The average Bonchev–Trinajstić information content (AvgIpc) is 2.97. The molecule has 6 heteroatoms. The Hall–Kier alpha value is -1.24. The number of rotatable bonds is 12. The summed E-state index contributed by atoms with van der Waals surface area (Å²) in [5, 5.41) is 8.70. The molecular weight excluding hydrogens is 346 g/mol. The highest BCUT2D eigenvalue weighted by atomic mass is 16.5. The summed E-state index contributed by atoms with van der Waals surface area (Å²) in [6.07, 6.45) is 10.4. The molecule has 1 saturated carbocycles. The maximum Gasteiger partial charge on any atom is 0.303 e. The molecule has 0 radical (unpaired) electrons. The summed E-state index contributed by atoms with van der Waals surface area (Å²) in [6.45, 7) is 5.90. The molecule has 2 aliphatic rings. The lowest BCUT2D eigenvalue weighted by molar-refractivity contribution is -0.136. The van der Waals surface area contributed by atoms with Crippen molar-refractivity contribution in [3.8, 4) is 0 Å². The van der Waals surface area contributed by atoms with Gasteiger partial charge < -0.3 is 14.6 Å². The number of carbonyl (C=O) groups is 2. The Balaban J connectivity index is 1.91. The maximum absolute atomic E-state index is 12.7. The zero-order valence-electron chi connectivity index (χ0n) is 16.6. The van der Waals surface area contributed by atoms with Gasteiger partial charge in [-0.25, -0.2) is 0 Å². The van der Waals surface area contributed by atoms with Crippen LogP contribution < -0.4 is 0 Å². The molecule has 2 rings (SSSR count). The lowest BCUT2D eigenvalue weighted by atomic mass is 9.93. The highest BCUT2D eigenvalue weighted by Crippen LogP contribution is 2.34. The molecule has 0 bridgehead atoms. The predicted octanol–water partition coefficient (Wildman–Crippen LogP) is 3.05. The molecule has 1 aliphatic carbocycles. The number of nitrogens with zero attached hydrogens (tertiary/aromatic N) is 1. The Kier molecular flexibility index (Phi) is 10.0. The third kappa shape index (κ3) is 7.35. The minimum absolute atomic E-state index is 0.00891. The van der Waals surface area contributed by atoms with E-state index in [9.17, 15) is 9.59 Å². The third-order valence-electron chi connectivity index (χ3n) is 5.49. The van der Waals surface area contributed by atoms with Crippen LogP contribution in [-0.4, -0.2) is 66.8 Å². The van der Waals surface area contributed by atoms with E-state index in [1.807, 2.05) is 6.08 Å². The van der Waals surface area contributed by atoms with Crippen LogP contribution in [0.15, 0.2) is 12.2 Å². The number of hydrogen-bond donors (Lipinski definition) is 1. The van der Waals surface area contributed by atoms with E-state index in [-0.39, 0.29) is 24.5 Å². The van der Waals surface area contributed by atoms with Gasteiger partial charge in [-0.05, 0) is 25.7 Å². The van der Waals surface area contributed by atoms with Crippen molar-refractivity contribution in [2.45, 2.75) is 70.4 Å². The summed E-state index contributed by atoms with van der Waals surface area (Å²) < 4.78 is 11.6. The van der Waals surface area contributed by atoms with E-state index in [1.54, 1.807) is 0 Å². The van der Waals surface area contributed by atoms with Crippen LogP contribution in [0.2, 0.25) is 0 Å². The molecule has 154 valence electrons. The Labute approximate surface area is 162 Å². The number of hydrogen-bond acceptors (Lipinski definition) is 5. The highest BCUT2D eigenvalue weighted by Gasteiger charge is 2.45. The largest absolute Gasteiger partial charge is 0.481 e. The first-order valence-electron chi connectivity index (χ1n) is 10.5. The van der Waals surface area contributed by atoms with Gasteiger partial charge in [-0.3, -0.25) is 14.5 Å². The average molecular weight is 382 g/mol. The Morgan fingerprint density at radius 1 is 1.26 bits per heavy atom. The monoisotopic (exact) mass is 381 g/mol. The maximum atomic E-state index is 12.7. The quantitative estimate of drug-likeness (QED) is 0.414. The number of carboxylic acids is 1. The Morgan fingerprint density at radius 2 is 2.00 bits per heavy atom. The van der Waals surface area contributed by atoms with Crippen LogP contribution in [0.3, 0.4) is 0 Å². The van der Waals surface area contributed by atoms with E-state index in [4.69, 9.17) is 14.6 Å². The summed E-state index contributed by atoms with van der Waals surface area (Å²) in [5.74, 6) is -0.257. The van der Waals surface area contributed by atoms with Gasteiger partial charge in [0, 0.05) is 38.5 Å². The van der Waals surface area contributed by atoms with Gasteiger partial charge in [0.25, 0.3) is 0 Å². The number of morpholine rings is 1. The molecular formula is C21H35NO5. The van der Waals surface area contributed by atoms with Crippen molar-refractivity contribution < 1.29 is 24.2 Å². The van der Waals surface area contributed by atoms with Crippen molar-refractivity contribution in [1.29, 1.82) is 0 Å². The van der Waals surface area contributed by atoms with Crippen LogP contribution in [0, 0.1) is 5.92 Å². The Bertz CT molecular complexity index is 487. The second-order valence-corrected chi connectivity index (χ2v) is 7.52. The van der Waals surface area contributed by atoms with Gasteiger partial charge in [0.05, 0.1) is 25.4 Å². The second kappa shape index (κ2) is 12.3. The summed E-state index contributed by atoms with van der Waals surface area (Å²) in [5.41, 5.74) is 0. The minimum Gasteiger partial charge on any atom is -0.481 e. The summed E-state index contributed by atoms with van der Waals surface area (Å²) in [6, 6.07) is -0.0579. The van der Waals surface area contributed by atoms with E-state index in [1.165, 1.54) is 0 Å². The summed E-state index contributed by atoms with van der Waals surface area (Å²) in [7, 11) is 0. The molecule has 3 atom stereocenters. The molecule has 1 saturated heterocycles. The van der Waals surface area contributed by atoms with Gasteiger partial charge in [-0.2, -0.15) is 0 Å². The molecule has 1 heterocycles. The molecule has 0 unspecified atom stereocenters. The van der Waals surface area contributed by atoms with Crippen LogP contribution in [0.5, 0.6) is 0 Å². The number of carbonyl (C=O) groups excluding carboxylic acids is 1. The molecule has 27 heavy (non-hydrogen) atoms. The lowest BCUT2D eigenvalue weighted by Gasteiger charge is -2.35. The number of unbranched alkanes of at least 4 members (excludes halogenated alkanes) is 2. The zero-order chi connectivity index (χ0) is 19.5. The van der Waals surface area contributed by atoms with Gasteiger partial charge in [0.15, 0.2) is 5.78 Å². The van der Waals surface area contributed by atoms with Crippen LogP contribution in [0.25, 0.3) is 0 Å². The molecule has 1 aliphatic heterocycles. The first-order valence-corrected chi connectivity index (χ1v) is 10.5. The number of carboxylic acid groups (broad SMARTS) is 1. The van der Waals surface area contributed by atoms with Crippen molar-refractivity contribution in [3.63, 3.8) is 0 Å². The number of allylic oxidation sites excluding steroid dienone is 2. The fraction of sp³-hybridized carbons (Fsp3) is 0.810. The lowest BCUT2D eigenvalue weighted by Crippen LogP contribution is -2.49. The van der Waals surface area contributed by atoms with E-state index in [2.05, 4.69) is 17.9 Å². The van der Waals surface area contributed by atoms with Gasteiger partial charge >= 0.3 is 5.97 Å². The Morgan fingerprint density at radius 3 is 2.70 bits per heavy atom. The minimum atomic E-state index is -0.769. The first kappa shape index (κ1) is 22.1. The number of aliphatic carboxylic acids is 1. The van der Waals surface area contributed by atoms with Crippen molar-refractivity contribution in [3.05, 3.63) is 12.2 Å². The highest BCUT2D eigenvalue weighted by molar-refractivity contribution is 5.87. The van der Waals surface area contributed by atoms with Gasteiger partial charge in [-0.15, -0.1) is 0 Å². The topological polar surface area (TPSA) is 76.1 Å². The number of Topliss-reactive ketones (excluding diaryl/α,β-unsaturated/α-hetero) is 1. The van der Waals surface area contributed by atoms with Crippen molar-refractivity contribution in [2.75, 3.05) is 32.9 Å². The standard InChI is InChI=1S/C21H35NO5/c1-2-3-8-13-27-19-16-18(23)21(22-11-14-26-15-12-22)17(19)9-6-4-5-7-10-20(24)25/h4-5,17,19,21H,2-3,6-16H2,1H3,(H,24,25)/t17-,19-,21+/m0/s1. The van der Waals surface area contributed by atoms with E-state index < -0.39 is 5.97 Å².